The van der Waals surface area contributed by atoms with Crippen LogP contribution < -0.4 is 10.6 Å². The van der Waals surface area contributed by atoms with E-state index >= 15 is 0 Å². The van der Waals surface area contributed by atoms with Crippen LogP contribution in [0.25, 0.3) is 0 Å². The Bertz CT molecular complexity index is 366. The smallest absolute Gasteiger partial charge is 0.0642 e. The zero-order chi connectivity index (χ0) is 13.5. The highest BCUT2D eigenvalue weighted by Crippen LogP contribution is 2.30. The summed E-state index contributed by atoms with van der Waals surface area (Å²) in [5.41, 5.74) is 8.47. The first-order valence-corrected chi connectivity index (χ1v) is 7.22. The maximum Gasteiger partial charge on any atom is 0.0642 e. The predicted octanol–water partition coefficient (Wildman–Crippen LogP) is 3.86. The molecule has 2 nitrogen and oxygen atoms in total. The number of benzene rings is 1. The normalized spacial score (nSPS) is 12.5. The molecule has 1 atom stereocenters. The van der Waals surface area contributed by atoms with E-state index in [4.69, 9.17) is 17.3 Å². The lowest BCUT2D eigenvalue weighted by atomic mass is 10.0. The van der Waals surface area contributed by atoms with Gasteiger partial charge in [0.05, 0.1) is 10.7 Å². The molecule has 2 N–H and O–H groups in total. The first-order chi connectivity index (χ1) is 8.60. The maximum atomic E-state index is 6.35. The molecule has 1 unspecified atom stereocenters. The van der Waals surface area contributed by atoms with Gasteiger partial charge in [0.2, 0.25) is 0 Å². The van der Waals surface area contributed by atoms with Crippen molar-refractivity contribution < 1.29 is 0 Å². The topological polar surface area (TPSA) is 29.3 Å². The molecule has 0 fully saturated rings. The number of nitrogens with zero attached hydrogens (tertiary/aromatic N) is 1. The van der Waals surface area contributed by atoms with Gasteiger partial charge in [-0.15, -0.1) is 0 Å². The Kier molecular flexibility index (Phi) is 6.51. The molecule has 0 radical (unpaired) electrons. The Morgan fingerprint density at radius 3 is 2.67 bits per heavy atom. The van der Waals surface area contributed by atoms with Gasteiger partial charge in [-0.1, -0.05) is 44.0 Å². The monoisotopic (exact) mass is 268 g/mol. The van der Waals surface area contributed by atoms with Gasteiger partial charge in [-0.05, 0) is 30.9 Å². The second-order valence-electron chi connectivity index (χ2n) is 4.90. The number of halogens is 1. The molecule has 102 valence electrons. The fourth-order valence-electron chi connectivity index (χ4n) is 2.09. The Hall–Kier alpha value is -0.730. The summed E-state index contributed by atoms with van der Waals surface area (Å²) in [6, 6.07) is 6.32. The van der Waals surface area contributed by atoms with Crippen LogP contribution in [0, 0.1) is 0 Å². The Balaban J connectivity index is 2.92. The van der Waals surface area contributed by atoms with Gasteiger partial charge in [0, 0.05) is 19.6 Å². The van der Waals surface area contributed by atoms with E-state index < -0.39 is 0 Å². The van der Waals surface area contributed by atoms with Crippen LogP contribution in [0.1, 0.15) is 38.7 Å². The largest absolute Gasteiger partial charge is 0.373 e. The van der Waals surface area contributed by atoms with Gasteiger partial charge in [-0.25, -0.2) is 0 Å². The van der Waals surface area contributed by atoms with Gasteiger partial charge in [0.25, 0.3) is 0 Å². The highest BCUT2D eigenvalue weighted by molar-refractivity contribution is 6.33. The number of anilines is 1. The zero-order valence-corrected chi connectivity index (χ0v) is 12.5. The fourth-order valence-corrected chi connectivity index (χ4v) is 2.42. The van der Waals surface area contributed by atoms with Crippen LogP contribution in [-0.4, -0.2) is 19.6 Å². The summed E-state index contributed by atoms with van der Waals surface area (Å²) in [5, 5.41) is 0.828. The summed E-state index contributed by atoms with van der Waals surface area (Å²) in [7, 11) is 2.11. The van der Waals surface area contributed by atoms with Crippen molar-refractivity contribution in [2.75, 3.05) is 18.5 Å². The molecular weight excluding hydrogens is 244 g/mol. The highest BCUT2D eigenvalue weighted by atomic mass is 35.5. The minimum absolute atomic E-state index is 0.210. The lowest BCUT2D eigenvalue weighted by Crippen LogP contribution is -2.25. The van der Waals surface area contributed by atoms with E-state index in [1.165, 1.54) is 18.4 Å². The average molecular weight is 269 g/mol. The summed E-state index contributed by atoms with van der Waals surface area (Å²) in [6.07, 6.45) is 4.26. The summed E-state index contributed by atoms with van der Waals surface area (Å²) < 4.78 is 0. The van der Waals surface area contributed by atoms with Gasteiger partial charge in [-0.3, -0.25) is 0 Å². The maximum absolute atomic E-state index is 6.35. The molecule has 0 spiro atoms. The number of hydrogen-bond acceptors (Lipinski definition) is 2. The van der Waals surface area contributed by atoms with Crippen LogP contribution in [0.3, 0.4) is 0 Å². The van der Waals surface area contributed by atoms with Crippen LogP contribution in [0.15, 0.2) is 18.2 Å². The summed E-state index contributed by atoms with van der Waals surface area (Å²) in [4.78, 5) is 2.25. The molecule has 0 aliphatic rings. The van der Waals surface area contributed by atoms with Gasteiger partial charge in [0.1, 0.15) is 0 Å². The molecule has 1 aromatic rings. The van der Waals surface area contributed by atoms with Crippen LogP contribution >= 0.6 is 11.6 Å². The lowest BCUT2D eigenvalue weighted by Gasteiger charge is -2.24. The minimum atomic E-state index is 0.210. The Morgan fingerprint density at radius 1 is 1.33 bits per heavy atom. The standard InChI is InChI=1S/C15H25ClN2/c1-4-6-10-18(3)15-12(11-13(17)5-2)8-7-9-14(15)16/h7-9,13H,4-6,10-11,17H2,1-3H3. The molecular formula is C15H25ClN2. The van der Waals surface area contributed by atoms with Crippen LogP contribution in [-0.2, 0) is 6.42 Å². The zero-order valence-electron chi connectivity index (χ0n) is 11.7. The van der Waals surface area contributed by atoms with Crippen molar-refractivity contribution in [3.63, 3.8) is 0 Å². The van der Waals surface area contributed by atoms with E-state index in [1.54, 1.807) is 0 Å². The second kappa shape index (κ2) is 7.65. The number of rotatable bonds is 7. The third-order valence-electron chi connectivity index (χ3n) is 3.31. The molecule has 0 aromatic heterocycles. The molecule has 0 saturated heterocycles. The highest BCUT2D eigenvalue weighted by Gasteiger charge is 2.13. The fraction of sp³-hybridized carbons (Fsp3) is 0.600. The van der Waals surface area contributed by atoms with Gasteiger partial charge >= 0.3 is 0 Å². The van der Waals surface area contributed by atoms with E-state index in [9.17, 15) is 0 Å². The summed E-state index contributed by atoms with van der Waals surface area (Å²) in [6.45, 7) is 5.36. The van der Waals surface area contributed by atoms with Crippen molar-refractivity contribution in [1.29, 1.82) is 0 Å². The predicted molar refractivity (Wildman–Crippen MR) is 81.6 cm³/mol. The average Bonchev–Trinajstić information content (AvgIpc) is 2.36. The molecule has 0 aliphatic carbocycles. The third kappa shape index (κ3) is 4.18. The van der Waals surface area contributed by atoms with Crippen molar-refractivity contribution in [2.24, 2.45) is 5.73 Å². The van der Waals surface area contributed by atoms with E-state index in [-0.39, 0.29) is 6.04 Å². The molecule has 1 aromatic carbocycles. The van der Waals surface area contributed by atoms with Crippen molar-refractivity contribution in [3.8, 4) is 0 Å². The third-order valence-corrected chi connectivity index (χ3v) is 3.61. The number of hydrogen-bond donors (Lipinski definition) is 1. The summed E-state index contributed by atoms with van der Waals surface area (Å²) in [5.74, 6) is 0. The first-order valence-electron chi connectivity index (χ1n) is 6.84. The number of nitrogens with two attached hydrogens (primary N) is 1. The Labute approximate surface area is 116 Å². The lowest BCUT2D eigenvalue weighted by molar-refractivity contribution is 0.644. The second-order valence-corrected chi connectivity index (χ2v) is 5.30. The number of para-hydroxylation sites is 1. The minimum Gasteiger partial charge on any atom is -0.373 e. The van der Waals surface area contributed by atoms with Crippen molar-refractivity contribution in [1.82, 2.24) is 0 Å². The van der Waals surface area contributed by atoms with Crippen molar-refractivity contribution in [2.45, 2.75) is 45.6 Å². The van der Waals surface area contributed by atoms with E-state index in [1.807, 2.05) is 12.1 Å². The van der Waals surface area contributed by atoms with Gasteiger partial charge < -0.3 is 10.6 Å². The van der Waals surface area contributed by atoms with Crippen LogP contribution in [0.2, 0.25) is 5.02 Å². The van der Waals surface area contributed by atoms with Gasteiger partial charge in [0.15, 0.2) is 0 Å². The molecule has 0 bridgehead atoms. The molecule has 0 heterocycles. The summed E-state index contributed by atoms with van der Waals surface area (Å²) >= 11 is 6.35. The molecule has 18 heavy (non-hydrogen) atoms. The molecule has 0 amide bonds. The van der Waals surface area contributed by atoms with Crippen molar-refractivity contribution in [3.05, 3.63) is 28.8 Å². The van der Waals surface area contributed by atoms with Gasteiger partial charge in [-0.2, -0.15) is 0 Å². The SMILES string of the molecule is CCCCN(C)c1c(Cl)cccc1CC(N)CC. The van der Waals surface area contributed by atoms with Crippen LogP contribution in [0.5, 0.6) is 0 Å². The number of unbranched alkanes of at least 4 members (excludes halogenated alkanes) is 1. The van der Waals surface area contributed by atoms with E-state index in [0.717, 1.165) is 30.1 Å². The molecule has 3 heteroatoms. The quantitative estimate of drug-likeness (QED) is 0.814. The van der Waals surface area contributed by atoms with Crippen molar-refractivity contribution >= 4 is 17.3 Å². The molecule has 1 rings (SSSR count). The van der Waals surface area contributed by atoms with E-state index in [2.05, 4.69) is 31.9 Å². The first kappa shape index (κ1) is 15.3. The molecule has 0 aliphatic heterocycles. The van der Waals surface area contributed by atoms with E-state index in [0.29, 0.717) is 0 Å². The molecule has 0 saturated carbocycles. The van der Waals surface area contributed by atoms with Crippen LogP contribution in [0.4, 0.5) is 5.69 Å². The Morgan fingerprint density at radius 2 is 2.06 bits per heavy atom.